The van der Waals surface area contributed by atoms with Crippen LogP contribution in [0.25, 0.3) is 0 Å². The number of nitrogens with zero attached hydrogens (tertiary/aromatic N) is 1. The highest BCUT2D eigenvalue weighted by molar-refractivity contribution is 8.07. The lowest BCUT2D eigenvalue weighted by Gasteiger charge is -2.33. The molecule has 0 bridgehead atoms. The Labute approximate surface area is 230 Å². The second-order valence-electron chi connectivity index (χ2n) is 8.47. The Morgan fingerprint density at radius 3 is 1.93 bits per heavy atom. The molecular formula is C24H25F2N2O10PS. The molecule has 40 heavy (non-hydrogen) atoms. The van der Waals surface area contributed by atoms with Crippen molar-refractivity contribution in [2.45, 2.75) is 30.5 Å². The maximum Gasteiger partial charge on any atom is 0.435 e. The third-order valence-corrected chi connectivity index (χ3v) is 8.03. The number of H-pyrrole nitrogens is 1. The number of hydrogen-bond donors (Lipinski definition) is 3. The van der Waals surface area contributed by atoms with Crippen LogP contribution in [0.3, 0.4) is 0 Å². The summed E-state index contributed by atoms with van der Waals surface area (Å²) in [5.74, 6) is 1.34. The van der Waals surface area contributed by atoms with Gasteiger partial charge in [-0.05, 0) is 48.5 Å². The highest BCUT2D eigenvalue weighted by Gasteiger charge is 2.61. The summed E-state index contributed by atoms with van der Waals surface area (Å²) in [5, 5.41) is 21.3. The van der Waals surface area contributed by atoms with Gasteiger partial charge in [0.15, 0.2) is 11.8 Å². The first kappa shape index (κ1) is 29.6. The number of aromatic nitrogens is 2. The van der Waals surface area contributed by atoms with E-state index in [-0.39, 0.29) is 11.5 Å². The Kier molecular flexibility index (Phi) is 8.93. The molecule has 3 N–H and O–H groups in total. The van der Waals surface area contributed by atoms with Gasteiger partial charge in [0.2, 0.25) is 0 Å². The van der Waals surface area contributed by atoms with E-state index in [9.17, 15) is 28.6 Å². The zero-order valence-corrected chi connectivity index (χ0v) is 22.7. The van der Waals surface area contributed by atoms with Gasteiger partial charge in [0.1, 0.15) is 35.2 Å². The summed E-state index contributed by atoms with van der Waals surface area (Å²) in [6.07, 6.45) is -8.55. The van der Waals surface area contributed by atoms with Crippen molar-refractivity contribution in [3.05, 3.63) is 81.6 Å². The molecule has 0 saturated carbocycles. The third kappa shape index (κ3) is 6.19. The van der Waals surface area contributed by atoms with Gasteiger partial charge in [0, 0.05) is 24.1 Å². The van der Waals surface area contributed by atoms with Gasteiger partial charge >= 0.3 is 12.4 Å². The quantitative estimate of drug-likeness (QED) is 0.277. The van der Waals surface area contributed by atoms with Crippen LogP contribution in [0, 0.1) is 0 Å². The van der Waals surface area contributed by atoms with Crippen LogP contribution in [0.1, 0.15) is 6.23 Å². The fraction of sp³-hybridized carbons (Fsp3) is 0.333. The molecule has 0 amide bonds. The highest BCUT2D eigenvalue weighted by Crippen LogP contribution is 2.52. The largest absolute Gasteiger partial charge is 0.497 e. The predicted molar refractivity (Wildman–Crippen MR) is 140 cm³/mol. The van der Waals surface area contributed by atoms with E-state index in [4.69, 9.17) is 39.6 Å². The van der Waals surface area contributed by atoms with E-state index in [1.54, 1.807) is 24.3 Å². The molecule has 2 heterocycles. The number of alkyl halides is 2. The molecule has 0 aliphatic carbocycles. The number of rotatable bonds is 11. The highest BCUT2D eigenvalue weighted by atomic mass is 32.5. The van der Waals surface area contributed by atoms with Gasteiger partial charge in [0.25, 0.3) is 12.0 Å². The second kappa shape index (κ2) is 12.0. The van der Waals surface area contributed by atoms with Crippen LogP contribution < -0.4 is 29.8 Å². The smallest absolute Gasteiger partial charge is 0.435 e. The molecule has 0 spiro atoms. The van der Waals surface area contributed by atoms with Gasteiger partial charge in [-0.25, -0.2) is 13.6 Å². The summed E-state index contributed by atoms with van der Waals surface area (Å²) < 4.78 is 62.6. The standard InChI is InChI=1S/C24H25F2N2O10PS/c1-33-14-3-7-16(8-4-14)37-39(40,38-17-9-5-15(34-2)6-10-17)35-13-24(22(25)26)20(31)19(30)21(36-24)28-12-11-18(29)27-23(28)32/h3-12,19-22,30-31H,13H2,1-2H3,(H,27,29,32)/t19-,20+,21-,24-/m1/s1. The Bertz CT molecular complexity index is 1420. The Morgan fingerprint density at radius 1 is 0.975 bits per heavy atom. The van der Waals surface area contributed by atoms with E-state index in [2.05, 4.69) is 0 Å². The van der Waals surface area contributed by atoms with Gasteiger partial charge in [-0.2, -0.15) is 0 Å². The van der Waals surface area contributed by atoms with Crippen molar-refractivity contribution in [3.8, 4) is 23.0 Å². The van der Waals surface area contributed by atoms with Gasteiger partial charge in [0.05, 0.1) is 20.8 Å². The van der Waals surface area contributed by atoms with Crippen molar-refractivity contribution >= 4 is 18.5 Å². The number of aliphatic hydroxyl groups is 2. The molecule has 216 valence electrons. The van der Waals surface area contributed by atoms with Crippen molar-refractivity contribution in [2.24, 2.45) is 0 Å². The van der Waals surface area contributed by atoms with E-state index in [0.717, 1.165) is 12.3 Å². The van der Waals surface area contributed by atoms with Crippen molar-refractivity contribution in [3.63, 3.8) is 0 Å². The number of aromatic amines is 1. The van der Waals surface area contributed by atoms with Crippen LogP contribution in [-0.2, 0) is 21.1 Å². The first-order valence-corrected chi connectivity index (χ1v) is 14.1. The third-order valence-electron chi connectivity index (χ3n) is 5.95. The molecule has 1 fully saturated rings. The number of ether oxygens (including phenoxy) is 3. The zero-order chi connectivity index (χ0) is 29.1. The molecule has 16 heteroatoms. The summed E-state index contributed by atoms with van der Waals surface area (Å²) in [5.41, 5.74) is -4.67. The van der Waals surface area contributed by atoms with E-state index < -0.39 is 55.0 Å². The summed E-state index contributed by atoms with van der Waals surface area (Å²) in [6, 6.07) is 13.2. The molecule has 4 rings (SSSR count). The number of halogens is 2. The summed E-state index contributed by atoms with van der Waals surface area (Å²) in [7, 11) is 2.94. The van der Waals surface area contributed by atoms with E-state index in [0.29, 0.717) is 16.1 Å². The normalized spacial score (nSPS) is 22.7. The van der Waals surface area contributed by atoms with Crippen molar-refractivity contribution in [2.75, 3.05) is 20.8 Å². The van der Waals surface area contributed by atoms with Crippen molar-refractivity contribution < 1.29 is 46.8 Å². The fourth-order valence-corrected chi connectivity index (χ4v) is 5.74. The first-order valence-electron chi connectivity index (χ1n) is 11.6. The van der Waals surface area contributed by atoms with Crippen LogP contribution in [0.15, 0.2) is 70.4 Å². The molecule has 0 unspecified atom stereocenters. The molecule has 1 aliphatic heterocycles. The molecule has 3 aromatic rings. The van der Waals surface area contributed by atoms with Crippen molar-refractivity contribution in [1.29, 1.82) is 0 Å². The molecule has 1 aromatic heterocycles. The lowest BCUT2D eigenvalue weighted by molar-refractivity contribution is -0.192. The summed E-state index contributed by atoms with van der Waals surface area (Å²) >= 11 is 5.53. The lowest BCUT2D eigenvalue weighted by atomic mass is 9.96. The van der Waals surface area contributed by atoms with Crippen LogP contribution in [-0.4, -0.2) is 64.8 Å². The zero-order valence-electron chi connectivity index (χ0n) is 21.0. The molecular weight excluding hydrogens is 577 g/mol. The first-order chi connectivity index (χ1) is 19.0. The molecule has 4 atom stereocenters. The van der Waals surface area contributed by atoms with Gasteiger partial charge in [-0.3, -0.25) is 18.9 Å². The monoisotopic (exact) mass is 602 g/mol. The Morgan fingerprint density at radius 2 is 1.48 bits per heavy atom. The minimum Gasteiger partial charge on any atom is -0.497 e. The Hall–Kier alpha value is -3.33. The molecule has 1 aliphatic rings. The second-order valence-corrected chi connectivity index (χ2v) is 11.3. The van der Waals surface area contributed by atoms with Gasteiger partial charge in [-0.1, -0.05) is 0 Å². The van der Waals surface area contributed by atoms with Crippen LogP contribution in [0.2, 0.25) is 0 Å². The van der Waals surface area contributed by atoms with Crippen LogP contribution in [0.5, 0.6) is 23.0 Å². The average molecular weight is 603 g/mol. The van der Waals surface area contributed by atoms with Crippen molar-refractivity contribution in [1.82, 2.24) is 9.55 Å². The number of nitrogens with one attached hydrogen (secondary N) is 1. The average Bonchev–Trinajstić information content (AvgIpc) is 3.19. The molecule has 2 aromatic carbocycles. The van der Waals surface area contributed by atoms with Gasteiger partial charge in [-0.15, -0.1) is 0 Å². The SMILES string of the molecule is COc1ccc(OP(=S)(OC[C@@]2(C(F)F)O[C@@H](n3ccc(=O)[nH]c3=O)[C@H](O)[C@@H]2O)Oc2ccc(OC)cc2)cc1. The number of methoxy groups -OCH3 is 2. The van der Waals surface area contributed by atoms with Gasteiger partial charge < -0.3 is 33.5 Å². The topological polar surface area (TPSA) is 151 Å². The number of aliphatic hydroxyl groups excluding tert-OH is 2. The molecule has 12 nitrogen and oxygen atoms in total. The lowest BCUT2D eigenvalue weighted by Crippen LogP contribution is -2.52. The fourth-order valence-electron chi connectivity index (χ4n) is 3.80. The van der Waals surface area contributed by atoms with E-state index in [1.165, 1.54) is 38.5 Å². The summed E-state index contributed by atoms with van der Waals surface area (Å²) in [4.78, 5) is 25.6. The van der Waals surface area contributed by atoms with Crippen LogP contribution >= 0.6 is 6.72 Å². The predicted octanol–water partition coefficient (Wildman–Crippen LogP) is 2.21. The number of hydrogen-bond acceptors (Lipinski definition) is 11. The van der Waals surface area contributed by atoms with E-state index in [1.807, 2.05) is 4.98 Å². The molecule has 0 radical (unpaired) electrons. The maximum absolute atomic E-state index is 14.5. The Balaban J connectivity index is 1.64. The number of benzene rings is 2. The molecule has 1 saturated heterocycles. The van der Waals surface area contributed by atoms with Crippen LogP contribution in [0.4, 0.5) is 8.78 Å². The van der Waals surface area contributed by atoms with E-state index >= 15 is 0 Å². The minimum atomic E-state index is -3.97. The minimum absolute atomic E-state index is 0.161. The summed E-state index contributed by atoms with van der Waals surface area (Å²) in [6.45, 7) is -5.08. The maximum atomic E-state index is 14.5.